The van der Waals surface area contributed by atoms with E-state index in [9.17, 15) is 4.79 Å². The van der Waals surface area contributed by atoms with E-state index in [1.807, 2.05) is 30.5 Å². The van der Waals surface area contributed by atoms with Crippen LogP contribution in [0.5, 0.6) is 0 Å². The largest absolute Gasteiger partial charge is 0.340 e. The van der Waals surface area contributed by atoms with Crippen molar-refractivity contribution < 1.29 is 4.79 Å². The minimum absolute atomic E-state index is 0.142. The van der Waals surface area contributed by atoms with Gasteiger partial charge in [-0.25, -0.2) is 0 Å². The molecule has 1 amide bonds. The Kier molecular flexibility index (Phi) is 6.34. The molecule has 3 nitrogen and oxygen atoms in total. The molecule has 1 fully saturated rings. The lowest BCUT2D eigenvalue weighted by atomic mass is 10.0. The van der Waals surface area contributed by atoms with Crippen LogP contribution in [0.2, 0.25) is 0 Å². The topological polar surface area (TPSA) is 46.3 Å². The Bertz CT molecular complexity index is 246. The monoisotopic (exact) mass is 258 g/mol. The summed E-state index contributed by atoms with van der Waals surface area (Å²) >= 11 is 1.97. The van der Waals surface area contributed by atoms with E-state index in [4.69, 9.17) is 5.73 Å². The van der Waals surface area contributed by atoms with Gasteiger partial charge >= 0.3 is 0 Å². The Morgan fingerprint density at radius 3 is 2.76 bits per heavy atom. The van der Waals surface area contributed by atoms with Gasteiger partial charge in [0.05, 0.1) is 6.04 Å². The molecular formula is C13H26N2OS. The molecule has 0 aromatic rings. The fourth-order valence-corrected chi connectivity index (χ4v) is 3.26. The summed E-state index contributed by atoms with van der Waals surface area (Å²) in [5.41, 5.74) is 5.96. The molecule has 0 aliphatic carbocycles. The van der Waals surface area contributed by atoms with Crippen LogP contribution in [0.3, 0.4) is 0 Å². The maximum Gasteiger partial charge on any atom is 0.239 e. The molecule has 0 radical (unpaired) electrons. The van der Waals surface area contributed by atoms with Crippen molar-refractivity contribution in [2.45, 2.75) is 51.3 Å². The maximum atomic E-state index is 12.2. The number of amides is 1. The third kappa shape index (κ3) is 4.51. The molecule has 1 saturated heterocycles. The van der Waals surface area contributed by atoms with E-state index < -0.39 is 0 Å². The molecule has 1 aliphatic rings. The average molecular weight is 258 g/mol. The van der Waals surface area contributed by atoms with E-state index >= 15 is 0 Å². The lowest BCUT2D eigenvalue weighted by Gasteiger charge is -2.28. The fraction of sp³-hybridized carbons (Fsp3) is 0.923. The summed E-state index contributed by atoms with van der Waals surface area (Å²) < 4.78 is 0. The van der Waals surface area contributed by atoms with Crippen molar-refractivity contribution in [1.82, 2.24) is 4.90 Å². The number of thioether (sulfide) groups is 1. The second-order valence-electron chi connectivity index (χ2n) is 5.13. The molecule has 1 rings (SSSR count). The smallest absolute Gasteiger partial charge is 0.239 e. The number of hydrogen-bond donors (Lipinski definition) is 1. The second kappa shape index (κ2) is 7.27. The summed E-state index contributed by atoms with van der Waals surface area (Å²) in [5.74, 6) is 1.50. The van der Waals surface area contributed by atoms with E-state index in [2.05, 4.69) is 6.92 Å². The van der Waals surface area contributed by atoms with Gasteiger partial charge in [-0.1, -0.05) is 27.2 Å². The molecule has 0 saturated carbocycles. The van der Waals surface area contributed by atoms with E-state index in [0.29, 0.717) is 5.25 Å². The normalized spacial score (nSPS) is 23.6. The molecule has 0 bridgehead atoms. The highest BCUT2D eigenvalue weighted by atomic mass is 32.2. The Labute approximate surface area is 109 Å². The number of nitrogens with two attached hydrogens (primary N) is 1. The average Bonchev–Trinajstić information content (AvgIpc) is 2.53. The number of hydrogen-bond acceptors (Lipinski definition) is 3. The van der Waals surface area contributed by atoms with Gasteiger partial charge in [-0.2, -0.15) is 11.8 Å². The molecule has 100 valence electrons. The Hall–Kier alpha value is -0.220. The van der Waals surface area contributed by atoms with Crippen LogP contribution in [0.1, 0.15) is 40.0 Å². The number of carbonyl (C=O) groups excluding carboxylic acids is 1. The van der Waals surface area contributed by atoms with Crippen LogP contribution in [-0.2, 0) is 4.79 Å². The van der Waals surface area contributed by atoms with E-state index in [1.54, 1.807) is 0 Å². The zero-order valence-electron chi connectivity index (χ0n) is 11.3. The molecule has 4 heteroatoms. The standard InChI is InChI=1S/C13H26N2OS/c1-4-17-11-7-5-6-8-15(9-11)13(16)12(14)10(2)3/h10-12H,4-9,14H2,1-3H3/t11?,12-/m0/s1. The van der Waals surface area contributed by atoms with Crippen molar-refractivity contribution in [2.75, 3.05) is 18.8 Å². The van der Waals surface area contributed by atoms with Crippen LogP contribution in [0, 0.1) is 5.92 Å². The molecular weight excluding hydrogens is 232 g/mol. The molecule has 1 heterocycles. The maximum absolute atomic E-state index is 12.2. The summed E-state index contributed by atoms with van der Waals surface area (Å²) in [5, 5.41) is 0.603. The van der Waals surface area contributed by atoms with Gasteiger partial charge in [0, 0.05) is 18.3 Å². The van der Waals surface area contributed by atoms with Crippen LogP contribution in [0.4, 0.5) is 0 Å². The quantitative estimate of drug-likeness (QED) is 0.840. The van der Waals surface area contributed by atoms with Gasteiger partial charge in [0.2, 0.25) is 5.91 Å². The highest BCUT2D eigenvalue weighted by Gasteiger charge is 2.27. The van der Waals surface area contributed by atoms with Gasteiger partial charge in [0.25, 0.3) is 0 Å². The highest BCUT2D eigenvalue weighted by Crippen LogP contribution is 2.22. The lowest BCUT2D eigenvalue weighted by Crippen LogP contribution is -2.48. The van der Waals surface area contributed by atoms with Crippen molar-refractivity contribution in [2.24, 2.45) is 11.7 Å². The Morgan fingerprint density at radius 1 is 1.47 bits per heavy atom. The van der Waals surface area contributed by atoms with Gasteiger partial charge in [-0.05, 0) is 24.5 Å². The summed E-state index contributed by atoms with van der Waals surface area (Å²) in [4.78, 5) is 14.2. The number of nitrogens with zero attached hydrogens (tertiary/aromatic N) is 1. The van der Waals surface area contributed by atoms with Gasteiger partial charge in [0.15, 0.2) is 0 Å². The number of carbonyl (C=O) groups is 1. The molecule has 1 aliphatic heterocycles. The number of likely N-dealkylation sites (tertiary alicyclic amines) is 1. The molecule has 17 heavy (non-hydrogen) atoms. The molecule has 0 aromatic carbocycles. The van der Waals surface area contributed by atoms with Gasteiger partial charge < -0.3 is 10.6 Å². The summed E-state index contributed by atoms with van der Waals surface area (Å²) in [6.45, 7) is 7.98. The fourth-order valence-electron chi connectivity index (χ4n) is 2.17. The summed E-state index contributed by atoms with van der Waals surface area (Å²) in [7, 11) is 0. The molecule has 0 aromatic heterocycles. The lowest BCUT2D eigenvalue weighted by molar-refractivity contribution is -0.133. The first-order chi connectivity index (χ1) is 8.06. The number of rotatable bonds is 4. The van der Waals surface area contributed by atoms with Gasteiger partial charge in [0.1, 0.15) is 0 Å². The SMILES string of the molecule is CCSC1CCCCN(C(=O)[C@@H](N)C(C)C)C1. The van der Waals surface area contributed by atoms with Crippen molar-refractivity contribution in [3.8, 4) is 0 Å². The van der Waals surface area contributed by atoms with Crippen molar-refractivity contribution in [3.63, 3.8) is 0 Å². The van der Waals surface area contributed by atoms with Crippen LogP contribution >= 0.6 is 11.8 Å². The zero-order valence-corrected chi connectivity index (χ0v) is 12.1. The minimum Gasteiger partial charge on any atom is -0.340 e. The first-order valence-corrected chi connectivity index (χ1v) is 7.77. The van der Waals surface area contributed by atoms with E-state index in [-0.39, 0.29) is 17.9 Å². The molecule has 2 atom stereocenters. The van der Waals surface area contributed by atoms with Crippen molar-refractivity contribution in [3.05, 3.63) is 0 Å². The molecule has 2 N–H and O–H groups in total. The van der Waals surface area contributed by atoms with Crippen molar-refractivity contribution >= 4 is 17.7 Å². The van der Waals surface area contributed by atoms with E-state index in [1.165, 1.54) is 12.8 Å². The van der Waals surface area contributed by atoms with E-state index in [0.717, 1.165) is 25.3 Å². The van der Waals surface area contributed by atoms with Crippen LogP contribution in [0.15, 0.2) is 0 Å². The van der Waals surface area contributed by atoms with Gasteiger partial charge in [-0.3, -0.25) is 4.79 Å². The predicted octanol–water partition coefficient (Wildman–Crippen LogP) is 2.10. The van der Waals surface area contributed by atoms with Crippen LogP contribution < -0.4 is 5.73 Å². The zero-order chi connectivity index (χ0) is 12.8. The summed E-state index contributed by atoms with van der Waals surface area (Å²) in [6.07, 6.45) is 3.59. The Balaban J connectivity index is 2.58. The highest BCUT2D eigenvalue weighted by molar-refractivity contribution is 7.99. The third-order valence-corrected chi connectivity index (χ3v) is 4.54. The van der Waals surface area contributed by atoms with Crippen LogP contribution in [0.25, 0.3) is 0 Å². The second-order valence-corrected chi connectivity index (χ2v) is 6.70. The first kappa shape index (κ1) is 14.8. The third-order valence-electron chi connectivity index (χ3n) is 3.35. The first-order valence-electron chi connectivity index (χ1n) is 6.72. The molecule has 0 spiro atoms. The Morgan fingerprint density at radius 2 is 2.18 bits per heavy atom. The summed E-state index contributed by atoms with van der Waals surface area (Å²) in [6, 6.07) is -0.333. The predicted molar refractivity (Wildman–Crippen MR) is 75.2 cm³/mol. The molecule has 1 unspecified atom stereocenters. The van der Waals surface area contributed by atoms with Crippen LogP contribution in [-0.4, -0.2) is 40.9 Å². The van der Waals surface area contributed by atoms with Gasteiger partial charge in [-0.15, -0.1) is 0 Å². The van der Waals surface area contributed by atoms with Crippen molar-refractivity contribution in [1.29, 1.82) is 0 Å². The minimum atomic E-state index is -0.333.